The van der Waals surface area contributed by atoms with Crippen molar-refractivity contribution in [2.45, 2.75) is 20.0 Å². The number of fused-ring (bicyclic) bond motifs is 1. The average molecular weight is 364 g/mol. The van der Waals surface area contributed by atoms with Gasteiger partial charge < -0.3 is 5.32 Å². The third-order valence-electron chi connectivity index (χ3n) is 4.16. The molecular formula is C19H17FN6O. The van der Waals surface area contributed by atoms with E-state index in [9.17, 15) is 9.18 Å². The molecule has 4 rings (SSSR count). The number of nitrogens with zero attached hydrogens (tertiary/aromatic N) is 5. The topological polar surface area (TPSA) is 77.6 Å². The molecule has 0 atom stereocenters. The highest BCUT2D eigenvalue weighted by Gasteiger charge is 2.15. The van der Waals surface area contributed by atoms with Crippen molar-refractivity contribution in [3.8, 4) is 11.3 Å². The number of nitrogens with one attached hydrogen (secondary N) is 1. The summed E-state index contributed by atoms with van der Waals surface area (Å²) in [5, 5.41) is 16.4. The fourth-order valence-electron chi connectivity index (χ4n) is 2.89. The molecule has 2 aromatic heterocycles. The summed E-state index contributed by atoms with van der Waals surface area (Å²) in [6.45, 7) is 2.57. The number of para-hydroxylation sites is 1. The lowest BCUT2D eigenvalue weighted by Gasteiger charge is -2.03. The zero-order chi connectivity index (χ0) is 18.8. The number of aromatic nitrogens is 5. The highest BCUT2D eigenvalue weighted by Crippen LogP contribution is 2.28. The zero-order valence-electron chi connectivity index (χ0n) is 14.6. The number of hydrogen-bond donors (Lipinski definition) is 1. The van der Waals surface area contributed by atoms with Gasteiger partial charge in [-0.15, -0.1) is 5.10 Å². The predicted octanol–water partition coefficient (Wildman–Crippen LogP) is 3.09. The maximum atomic E-state index is 13.2. The molecule has 0 aliphatic rings. The van der Waals surface area contributed by atoms with Crippen molar-refractivity contribution in [2.24, 2.45) is 0 Å². The predicted molar refractivity (Wildman–Crippen MR) is 99.5 cm³/mol. The molecule has 0 bridgehead atoms. The van der Waals surface area contributed by atoms with Crippen LogP contribution in [0.3, 0.4) is 0 Å². The number of benzene rings is 2. The summed E-state index contributed by atoms with van der Waals surface area (Å²) in [6, 6.07) is 13.8. The first kappa shape index (κ1) is 16.9. The number of amides is 1. The summed E-state index contributed by atoms with van der Waals surface area (Å²) in [5.41, 5.74) is 2.32. The number of carbonyl (C=O) groups excluding carboxylic acids is 1. The van der Waals surface area contributed by atoms with Gasteiger partial charge in [0, 0.05) is 10.9 Å². The lowest BCUT2D eigenvalue weighted by Crippen LogP contribution is -2.20. The molecule has 7 nitrogen and oxygen atoms in total. The number of anilines is 1. The van der Waals surface area contributed by atoms with Gasteiger partial charge in [-0.25, -0.2) is 4.39 Å². The Labute approximate surface area is 154 Å². The van der Waals surface area contributed by atoms with Crippen molar-refractivity contribution in [3.05, 3.63) is 60.5 Å². The lowest BCUT2D eigenvalue weighted by atomic mass is 10.1. The minimum Gasteiger partial charge on any atom is -0.306 e. The van der Waals surface area contributed by atoms with Crippen molar-refractivity contribution in [1.29, 1.82) is 0 Å². The molecule has 0 unspecified atom stereocenters. The van der Waals surface area contributed by atoms with Gasteiger partial charge in [-0.05, 0) is 37.3 Å². The molecule has 0 aliphatic carbocycles. The van der Waals surface area contributed by atoms with Crippen LogP contribution in [0.2, 0.25) is 0 Å². The van der Waals surface area contributed by atoms with Crippen LogP contribution in [0.4, 0.5) is 10.2 Å². The number of hydrogen-bond acceptors (Lipinski definition) is 4. The Hall–Kier alpha value is -3.55. The van der Waals surface area contributed by atoms with Crippen LogP contribution in [-0.2, 0) is 17.9 Å². The Balaban J connectivity index is 1.63. The molecule has 0 aliphatic heterocycles. The third-order valence-corrected chi connectivity index (χ3v) is 4.16. The molecule has 8 heteroatoms. The Bertz CT molecular complexity index is 1100. The second-order valence-corrected chi connectivity index (χ2v) is 6.00. The van der Waals surface area contributed by atoms with Crippen LogP contribution >= 0.6 is 0 Å². The standard InChI is InChI=1S/C19H17FN6O/c1-2-26-21-11-17(23-26)22-18(27)12-25-16-6-4-3-5-15(16)19(24-25)13-7-9-14(20)10-8-13/h3-11H,2,12H2,1H3,(H,22,23,27). The second-order valence-electron chi connectivity index (χ2n) is 6.00. The van der Waals surface area contributed by atoms with E-state index < -0.39 is 0 Å². The van der Waals surface area contributed by atoms with Crippen LogP contribution in [0.1, 0.15) is 6.92 Å². The van der Waals surface area contributed by atoms with Gasteiger partial charge in [-0.2, -0.15) is 15.0 Å². The number of carbonyl (C=O) groups is 1. The minimum absolute atomic E-state index is 0.0285. The molecule has 27 heavy (non-hydrogen) atoms. The molecule has 0 spiro atoms. The summed E-state index contributed by atoms with van der Waals surface area (Å²) in [6.07, 6.45) is 1.51. The van der Waals surface area contributed by atoms with Gasteiger partial charge in [-0.3, -0.25) is 9.48 Å². The van der Waals surface area contributed by atoms with Crippen LogP contribution in [0.15, 0.2) is 54.7 Å². The molecule has 2 heterocycles. The first-order valence-corrected chi connectivity index (χ1v) is 8.55. The Morgan fingerprint density at radius 2 is 1.89 bits per heavy atom. The molecule has 0 radical (unpaired) electrons. The molecule has 1 N–H and O–H groups in total. The fourth-order valence-corrected chi connectivity index (χ4v) is 2.89. The first-order valence-electron chi connectivity index (χ1n) is 8.55. The van der Waals surface area contributed by atoms with Crippen LogP contribution in [0.5, 0.6) is 0 Å². The molecule has 136 valence electrons. The Kier molecular flexibility index (Phi) is 4.37. The number of rotatable bonds is 5. The van der Waals surface area contributed by atoms with E-state index in [1.165, 1.54) is 23.1 Å². The smallest absolute Gasteiger partial charge is 0.247 e. The fraction of sp³-hybridized carbons (Fsp3) is 0.158. The summed E-state index contributed by atoms with van der Waals surface area (Å²) in [7, 11) is 0. The normalized spacial score (nSPS) is 11.0. The lowest BCUT2D eigenvalue weighted by molar-refractivity contribution is -0.116. The second kappa shape index (κ2) is 6.99. The van der Waals surface area contributed by atoms with Gasteiger partial charge in [0.1, 0.15) is 18.1 Å². The van der Waals surface area contributed by atoms with E-state index in [4.69, 9.17) is 0 Å². The van der Waals surface area contributed by atoms with E-state index in [0.717, 1.165) is 16.5 Å². The number of aryl methyl sites for hydroxylation is 1. The minimum atomic E-state index is -0.304. The summed E-state index contributed by atoms with van der Waals surface area (Å²) >= 11 is 0. The van der Waals surface area contributed by atoms with Crippen molar-refractivity contribution in [3.63, 3.8) is 0 Å². The first-order chi connectivity index (χ1) is 13.1. The van der Waals surface area contributed by atoms with Crippen LogP contribution in [0, 0.1) is 5.82 Å². The van der Waals surface area contributed by atoms with Crippen molar-refractivity contribution >= 4 is 22.6 Å². The highest BCUT2D eigenvalue weighted by molar-refractivity contribution is 5.95. The number of halogens is 1. The van der Waals surface area contributed by atoms with Crippen molar-refractivity contribution < 1.29 is 9.18 Å². The summed E-state index contributed by atoms with van der Waals surface area (Å²) < 4.78 is 14.9. The molecule has 2 aromatic carbocycles. The van der Waals surface area contributed by atoms with E-state index in [0.29, 0.717) is 18.1 Å². The van der Waals surface area contributed by atoms with Crippen molar-refractivity contribution in [2.75, 3.05) is 5.32 Å². The van der Waals surface area contributed by atoms with Gasteiger partial charge in [0.05, 0.1) is 18.3 Å². The van der Waals surface area contributed by atoms with Gasteiger partial charge >= 0.3 is 0 Å². The molecular weight excluding hydrogens is 347 g/mol. The largest absolute Gasteiger partial charge is 0.306 e. The molecule has 1 amide bonds. The Morgan fingerprint density at radius 3 is 2.63 bits per heavy atom. The monoisotopic (exact) mass is 364 g/mol. The Morgan fingerprint density at radius 1 is 1.11 bits per heavy atom. The van der Waals surface area contributed by atoms with E-state index >= 15 is 0 Å². The quantitative estimate of drug-likeness (QED) is 0.590. The molecule has 0 saturated heterocycles. The SMILES string of the molecule is CCn1ncc(NC(=O)Cn2nc(-c3ccc(F)cc3)c3ccccc32)n1. The summed E-state index contributed by atoms with van der Waals surface area (Å²) in [4.78, 5) is 13.9. The third kappa shape index (κ3) is 3.41. The van der Waals surface area contributed by atoms with Gasteiger partial charge in [0.2, 0.25) is 5.91 Å². The van der Waals surface area contributed by atoms with E-state index in [1.54, 1.807) is 16.8 Å². The van der Waals surface area contributed by atoms with Crippen LogP contribution in [0.25, 0.3) is 22.2 Å². The maximum absolute atomic E-state index is 13.2. The zero-order valence-corrected chi connectivity index (χ0v) is 14.6. The van der Waals surface area contributed by atoms with Gasteiger partial charge in [-0.1, -0.05) is 18.2 Å². The van der Waals surface area contributed by atoms with Crippen LogP contribution in [-0.4, -0.2) is 30.7 Å². The maximum Gasteiger partial charge on any atom is 0.247 e. The summed E-state index contributed by atoms with van der Waals surface area (Å²) in [5.74, 6) is -0.156. The molecule has 4 aromatic rings. The van der Waals surface area contributed by atoms with E-state index in [1.807, 2.05) is 31.2 Å². The van der Waals surface area contributed by atoms with Gasteiger partial charge in [0.15, 0.2) is 5.82 Å². The highest BCUT2D eigenvalue weighted by atomic mass is 19.1. The average Bonchev–Trinajstić information content (AvgIpc) is 3.27. The van der Waals surface area contributed by atoms with Gasteiger partial charge in [0.25, 0.3) is 0 Å². The molecule has 0 fully saturated rings. The van der Waals surface area contributed by atoms with E-state index in [-0.39, 0.29) is 18.3 Å². The van der Waals surface area contributed by atoms with Crippen LogP contribution < -0.4 is 5.32 Å². The van der Waals surface area contributed by atoms with E-state index in [2.05, 4.69) is 20.6 Å². The van der Waals surface area contributed by atoms with Crippen molar-refractivity contribution in [1.82, 2.24) is 24.8 Å². The molecule has 0 saturated carbocycles.